The van der Waals surface area contributed by atoms with Crippen molar-refractivity contribution in [3.05, 3.63) is 29.8 Å². The molecule has 1 amide bonds. The van der Waals surface area contributed by atoms with Crippen LogP contribution in [0.3, 0.4) is 0 Å². The Kier molecular flexibility index (Phi) is 5.19. The second-order valence-electron chi connectivity index (χ2n) is 9.36. The van der Waals surface area contributed by atoms with Crippen molar-refractivity contribution in [3.8, 4) is 0 Å². The van der Waals surface area contributed by atoms with Crippen molar-refractivity contribution in [2.24, 2.45) is 17.8 Å². The van der Waals surface area contributed by atoms with Crippen LogP contribution in [0.5, 0.6) is 0 Å². The summed E-state index contributed by atoms with van der Waals surface area (Å²) in [6.07, 6.45) is 10.1. The lowest BCUT2D eigenvalue weighted by atomic mass is 9.48. The predicted molar refractivity (Wildman–Crippen MR) is 112 cm³/mol. The maximum atomic E-state index is 12.3. The molecule has 6 heteroatoms. The van der Waals surface area contributed by atoms with E-state index in [-0.39, 0.29) is 12.5 Å². The number of carbonyl (C=O) groups excluding carboxylic acids is 1. The number of hydrogen-bond donors (Lipinski definition) is 1. The van der Waals surface area contributed by atoms with Crippen LogP contribution >= 0.6 is 0 Å². The molecule has 4 bridgehead atoms. The normalized spacial score (nSPS) is 31.0. The van der Waals surface area contributed by atoms with Crippen LogP contribution in [0.1, 0.15) is 57.4 Å². The molecule has 4 aliphatic carbocycles. The van der Waals surface area contributed by atoms with Gasteiger partial charge in [-0.15, -0.1) is 0 Å². The van der Waals surface area contributed by atoms with E-state index < -0.39 is 10.0 Å². The summed E-state index contributed by atoms with van der Waals surface area (Å²) in [6, 6.07) is 8.01. The lowest BCUT2D eigenvalue weighted by Gasteiger charge is -2.57. The Balaban J connectivity index is 1.55. The van der Waals surface area contributed by atoms with Gasteiger partial charge in [0.1, 0.15) is 6.54 Å². The number of rotatable bonds is 7. The monoisotopic (exact) mass is 404 g/mol. The number of nitrogens with one attached hydrogen (secondary N) is 1. The van der Waals surface area contributed by atoms with Gasteiger partial charge in [-0.1, -0.05) is 19.1 Å². The predicted octanol–water partition coefficient (Wildman–Crippen LogP) is 3.45. The molecular formula is C22H32N2O3S. The molecule has 0 atom stereocenters. The third kappa shape index (κ3) is 3.80. The highest BCUT2D eigenvalue weighted by molar-refractivity contribution is 7.92. The van der Waals surface area contributed by atoms with Gasteiger partial charge in [-0.25, -0.2) is 8.42 Å². The molecule has 0 heterocycles. The minimum absolute atomic E-state index is 0.171. The Labute approximate surface area is 168 Å². The van der Waals surface area contributed by atoms with Crippen LogP contribution in [0.4, 0.5) is 5.69 Å². The van der Waals surface area contributed by atoms with Crippen molar-refractivity contribution in [2.45, 2.75) is 57.3 Å². The Bertz CT molecular complexity index is 797. The zero-order valence-corrected chi connectivity index (χ0v) is 17.8. The van der Waals surface area contributed by atoms with E-state index in [4.69, 9.17) is 0 Å². The molecule has 4 fully saturated rings. The van der Waals surface area contributed by atoms with Crippen LogP contribution in [0.15, 0.2) is 24.3 Å². The molecule has 28 heavy (non-hydrogen) atoms. The number of carbonyl (C=O) groups is 1. The molecule has 4 saturated carbocycles. The lowest BCUT2D eigenvalue weighted by molar-refractivity contribution is -0.119. The fourth-order valence-corrected chi connectivity index (χ4v) is 7.15. The van der Waals surface area contributed by atoms with Gasteiger partial charge in [0.05, 0.1) is 11.9 Å². The fraction of sp³-hybridized carbons (Fsp3) is 0.682. The van der Waals surface area contributed by atoms with E-state index in [1.165, 1.54) is 48.4 Å². The summed E-state index contributed by atoms with van der Waals surface area (Å²) in [5.74, 6) is 2.36. The summed E-state index contributed by atoms with van der Waals surface area (Å²) < 4.78 is 25.8. The van der Waals surface area contributed by atoms with E-state index in [9.17, 15) is 13.2 Å². The minimum Gasteiger partial charge on any atom is -0.355 e. The lowest BCUT2D eigenvalue weighted by Crippen LogP contribution is -2.48. The van der Waals surface area contributed by atoms with Gasteiger partial charge in [0.15, 0.2) is 0 Å². The highest BCUT2D eigenvalue weighted by atomic mass is 32.2. The second kappa shape index (κ2) is 7.36. The van der Waals surface area contributed by atoms with E-state index in [0.29, 0.717) is 17.6 Å². The first-order valence-electron chi connectivity index (χ1n) is 10.6. The van der Waals surface area contributed by atoms with E-state index in [0.717, 1.165) is 30.4 Å². The molecule has 1 N–H and O–H groups in total. The number of nitrogens with zero attached hydrogens (tertiary/aromatic N) is 1. The fourth-order valence-electron chi connectivity index (χ4n) is 6.30. The van der Waals surface area contributed by atoms with Crippen molar-refractivity contribution in [3.63, 3.8) is 0 Å². The molecule has 1 aromatic carbocycles. The first kappa shape index (κ1) is 19.7. The van der Waals surface area contributed by atoms with E-state index in [2.05, 4.69) is 17.4 Å². The van der Waals surface area contributed by atoms with Crippen molar-refractivity contribution in [1.82, 2.24) is 5.32 Å². The van der Waals surface area contributed by atoms with Gasteiger partial charge >= 0.3 is 0 Å². The highest BCUT2D eigenvalue weighted by Crippen LogP contribution is 2.60. The number of anilines is 1. The maximum absolute atomic E-state index is 12.3. The van der Waals surface area contributed by atoms with Gasteiger partial charge in [-0.05, 0) is 85.8 Å². The van der Waals surface area contributed by atoms with Crippen LogP contribution in [0, 0.1) is 17.8 Å². The summed E-state index contributed by atoms with van der Waals surface area (Å²) in [5.41, 5.74) is 2.23. The van der Waals surface area contributed by atoms with Gasteiger partial charge in [0.2, 0.25) is 15.9 Å². The van der Waals surface area contributed by atoms with E-state index in [1.807, 2.05) is 19.1 Å². The van der Waals surface area contributed by atoms with Crippen molar-refractivity contribution >= 4 is 21.6 Å². The summed E-state index contributed by atoms with van der Waals surface area (Å²) >= 11 is 0. The number of amides is 1. The standard InChI is InChI=1S/C22H32N2O3S/c1-3-8-23-21(25)15-24(28(2,26)27)20-6-4-19(5-7-20)22-12-16-9-17(13-22)11-18(10-16)14-22/h4-7,16-18H,3,8-15H2,1-2H3,(H,23,25). The van der Waals surface area contributed by atoms with Gasteiger partial charge in [0, 0.05) is 6.54 Å². The number of benzene rings is 1. The molecule has 0 saturated heterocycles. The minimum atomic E-state index is -3.52. The maximum Gasteiger partial charge on any atom is 0.240 e. The Hall–Kier alpha value is -1.56. The van der Waals surface area contributed by atoms with Gasteiger partial charge < -0.3 is 5.32 Å². The molecule has 0 aromatic heterocycles. The largest absolute Gasteiger partial charge is 0.355 e. The Morgan fingerprint density at radius 2 is 1.61 bits per heavy atom. The first-order valence-corrected chi connectivity index (χ1v) is 12.5. The Morgan fingerprint density at radius 1 is 1.07 bits per heavy atom. The summed E-state index contributed by atoms with van der Waals surface area (Å²) in [7, 11) is -3.52. The van der Waals surface area contributed by atoms with E-state index in [1.54, 1.807) is 0 Å². The molecule has 1 aromatic rings. The molecular weight excluding hydrogens is 372 g/mol. The van der Waals surface area contributed by atoms with E-state index >= 15 is 0 Å². The summed E-state index contributed by atoms with van der Waals surface area (Å²) in [4.78, 5) is 12.1. The van der Waals surface area contributed by atoms with Gasteiger partial charge in [-0.2, -0.15) is 0 Å². The van der Waals surface area contributed by atoms with Crippen LogP contribution < -0.4 is 9.62 Å². The second-order valence-corrected chi connectivity index (χ2v) is 11.3. The molecule has 4 aliphatic rings. The van der Waals surface area contributed by atoms with Crippen molar-refractivity contribution in [1.29, 1.82) is 0 Å². The highest BCUT2D eigenvalue weighted by Gasteiger charge is 2.51. The third-order valence-electron chi connectivity index (χ3n) is 7.07. The number of sulfonamides is 1. The SMILES string of the molecule is CCCNC(=O)CN(c1ccc(C23CC4CC(CC(C4)C2)C3)cc1)S(C)(=O)=O. The summed E-state index contributed by atoms with van der Waals surface area (Å²) in [5, 5.41) is 2.76. The number of hydrogen-bond acceptors (Lipinski definition) is 3. The van der Waals surface area contributed by atoms with Crippen LogP contribution in [-0.2, 0) is 20.2 Å². The van der Waals surface area contributed by atoms with Crippen molar-refractivity contribution < 1.29 is 13.2 Å². The zero-order chi connectivity index (χ0) is 19.9. The molecule has 0 spiro atoms. The molecule has 154 valence electrons. The summed E-state index contributed by atoms with van der Waals surface area (Å²) in [6.45, 7) is 2.36. The molecule has 0 unspecified atom stereocenters. The van der Waals surface area contributed by atoms with Gasteiger partial charge in [0.25, 0.3) is 0 Å². The first-order chi connectivity index (χ1) is 13.3. The van der Waals surface area contributed by atoms with Crippen LogP contribution in [0.2, 0.25) is 0 Å². The molecule has 5 rings (SSSR count). The Morgan fingerprint density at radius 3 is 2.07 bits per heavy atom. The smallest absolute Gasteiger partial charge is 0.240 e. The zero-order valence-electron chi connectivity index (χ0n) is 17.0. The molecule has 0 radical (unpaired) electrons. The topological polar surface area (TPSA) is 66.5 Å². The van der Waals surface area contributed by atoms with Gasteiger partial charge in [-0.3, -0.25) is 9.10 Å². The quantitative estimate of drug-likeness (QED) is 0.757. The average Bonchev–Trinajstić information content (AvgIpc) is 2.62. The van der Waals surface area contributed by atoms with Crippen molar-refractivity contribution in [2.75, 3.05) is 23.7 Å². The van der Waals surface area contributed by atoms with Crippen LogP contribution in [-0.4, -0.2) is 33.7 Å². The third-order valence-corrected chi connectivity index (χ3v) is 8.21. The molecule has 0 aliphatic heterocycles. The molecule has 5 nitrogen and oxygen atoms in total. The average molecular weight is 405 g/mol. The van der Waals surface area contributed by atoms with Crippen LogP contribution in [0.25, 0.3) is 0 Å².